The second-order valence-corrected chi connectivity index (χ2v) is 11.0. The van der Waals surface area contributed by atoms with Crippen molar-refractivity contribution in [2.75, 3.05) is 0 Å². The standard InChI is InChI=1S/C39H22N4O2/c40-23-24-6-5-7-26(20-24)25-12-16-29(17-13-25)43-34-18-14-27(38-41-32-8-1-3-10-36(32)44-38)21-30(34)31-22-28(15-19-35(31)43)39-42-33-9-2-4-11-37(33)45-39/h1-22H. The summed E-state index contributed by atoms with van der Waals surface area (Å²) in [6.45, 7) is 0. The zero-order valence-electron chi connectivity index (χ0n) is 23.8. The summed E-state index contributed by atoms with van der Waals surface area (Å²) < 4.78 is 14.6. The van der Waals surface area contributed by atoms with Crippen molar-refractivity contribution in [3.63, 3.8) is 0 Å². The van der Waals surface area contributed by atoms with Gasteiger partial charge in [-0.05, 0) is 96.1 Å². The molecule has 0 bridgehead atoms. The fraction of sp³-hybridized carbons (Fsp3) is 0. The third kappa shape index (κ3) is 4.10. The lowest BCUT2D eigenvalue weighted by Gasteiger charge is -2.10. The van der Waals surface area contributed by atoms with E-state index in [0.29, 0.717) is 17.3 Å². The maximum Gasteiger partial charge on any atom is 0.227 e. The minimum Gasteiger partial charge on any atom is -0.436 e. The highest BCUT2D eigenvalue weighted by Crippen LogP contribution is 2.38. The molecule has 0 saturated heterocycles. The molecule has 0 fully saturated rings. The first-order valence-corrected chi connectivity index (χ1v) is 14.6. The van der Waals surface area contributed by atoms with Gasteiger partial charge >= 0.3 is 0 Å². The number of nitriles is 1. The number of nitrogens with zero attached hydrogens (tertiary/aromatic N) is 4. The van der Waals surface area contributed by atoms with Crippen molar-refractivity contribution >= 4 is 44.0 Å². The van der Waals surface area contributed by atoms with E-state index in [1.54, 1.807) is 0 Å². The van der Waals surface area contributed by atoms with Crippen molar-refractivity contribution < 1.29 is 8.83 Å². The van der Waals surface area contributed by atoms with Gasteiger partial charge in [0.2, 0.25) is 11.8 Å². The largest absolute Gasteiger partial charge is 0.436 e. The number of para-hydroxylation sites is 4. The molecule has 0 unspecified atom stereocenters. The van der Waals surface area contributed by atoms with Gasteiger partial charge in [-0.3, -0.25) is 0 Å². The molecular formula is C39H22N4O2. The second-order valence-electron chi connectivity index (χ2n) is 11.0. The van der Waals surface area contributed by atoms with E-state index in [1.807, 2.05) is 72.8 Å². The fourth-order valence-corrected chi connectivity index (χ4v) is 6.13. The summed E-state index contributed by atoms with van der Waals surface area (Å²) in [5, 5.41) is 11.5. The van der Waals surface area contributed by atoms with Crippen molar-refractivity contribution in [1.29, 1.82) is 5.26 Å². The molecule has 6 aromatic carbocycles. The van der Waals surface area contributed by atoms with Crippen LogP contribution < -0.4 is 0 Å². The molecule has 6 nitrogen and oxygen atoms in total. The monoisotopic (exact) mass is 578 g/mol. The molecule has 0 aliphatic heterocycles. The average molecular weight is 579 g/mol. The third-order valence-electron chi connectivity index (χ3n) is 8.30. The number of hydrogen-bond donors (Lipinski definition) is 0. The van der Waals surface area contributed by atoms with Crippen LogP contribution in [0.2, 0.25) is 0 Å². The molecule has 0 N–H and O–H groups in total. The van der Waals surface area contributed by atoms with Gasteiger partial charge in [0.25, 0.3) is 0 Å². The van der Waals surface area contributed by atoms with Gasteiger partial charge in [-0.1, -0.05) is 48.5 Å². The molecule has 0 radical (unpaired) electrons. The molecule has 9 aromatic rings. The Hall–Kier alpha value is -6.45. The SMILES string of the molecule is N#Cc1cccc(-c2ccc(-n3c4ccc(-c5nc6ccccc6o5)cc4c4cc(-c5nc6ccccc6o5)ccc43)cc2)c1. The van der Waals surface area contributed by atoms with Crippen molar-refractivity contribution in [2.24, 2.45) is 0 Å². The van der Waals surface area contributed by atoms with Crippen LogP contribution in [0.15, 0.2) is 142 Å². The summed E-state index contributed by atoms with van der Waals surface area (Å²) in [6.07, 6.45) is 0. The van der Waals surface area contributed by atoms with Crippen LogP contribution in [0.25, 0.3) is 83.7 Å². The van der Waals surface area contributed by atoms with E-state index in [4.69, 9.17) is 18.8 Å². The Morgan fingerprint density at radius 1 is 0.511 bits per heavy atom. The van der Waals surface area contributed by atoms with Crippen LogP contribution in [0.5, 0.6) is 0 Å². The normalized spacial score (nSPS) is 11.5. The van der Waals surface area contributed by atoms with Crippen molar-refractivity contribution in [1.82, 2.24) is 14.5 Å². The number of fused-ring (bicyclic) bond motifs is 5. The Morgan fingerprint density at radius 2 is 1.07 bits per heavy atom. The highest BCUT2D eigenvalue weighted by atomic mass is 16.4. The Bertz CT molecular complexity index is 2420. The minimum atomic E-state index is 0.582. The number of rotatable bonds is 4. The summed E-state index contributed by atoms with van der Waals surface area (Å²) in [4.78, 5) is 9.51. The first-order chi connectivity index (χ1) is 22.2. The topological polar surface area (TPSA) is 80.8 Å². The number of oxazole rings is 2. The average Bonchev–Trinajstić information content (AvgIpc) is 3.82. The van der Waals surface area contributed by atoms with Crippen LogP contribution >= 0.6 is 0 Å². The lowest BCUT2D eigenvalue weighted by Crippen LogP contribution is -1.94. The lowest BCUT2D eigenvalue weighted by atomic mass is 10.0. The molecule has 3 heterocycles. The lowest BCUT2D eigenvalue weighted by molar-refractivity contribution is 0.619. The summed E-state index contributed by atoms with van der Waals surface area (Å²) in [5.74, 6) is 1.16. The summed E-state index contributed by atoms with van der Waals surface area (Å²) in [5.41, 5.74) is 10.8. The molecule has 0 spiro atoms. The molecule has 0 aliphatic rings. The molecule has 9 rings (SSSR count). The molecule has 210 valence electrons. The zero-order chi connectivity index (χ0) is 29.9. The zero-order valence-corrected chi connectivity index (χ0v) is 23.8. The van der Waals surface area contributed by atoms with Crippen LogP contribution in [-0.2, 0) is 0 Å². The fourth-order valence-electron chi connectivity index (χ4n) is 6.13. The molecule has 0 atom stereocenters. The Morgan fingerprint density at radius 3 is 1.62 bits per heavy atom. The highest BCUT2D eigenvalue weighted by molar-refractivity contribution is 6.11. The number of hydrogen-bond acceptors (Lipinski definition) is 5. The molecule has 0 aliphatic carbocycles. The van der Waals surface area contributed by atoms with Gasteiger partial charge in [0.15, 0.2) is 11.2 Å². The third-order valence-corrected chi connectivity index (χ3v) is 8.30. The van der Waals surface area contributed by atoms with Crippen molar-refractivity contribution in [3.8, 4) is 45.8 Å². The molecular weight excluding hydrogens is 556 g/mol. The summed E-state index contributed by atoms with van der Waals surface area (Å²) >= 11 is 0. The Balaban J connectivity index is 1.24. The van der Waals surface area contributed by atoms with Crippen LogP contribution in [0, 0.1) is 11.3 Å². The van der Waals surface area contributed by atoms with Crippen LogP contribution in [0.4, 0.5) is 0 Å². The molecule has 0 amide bonds. The Kier molecular flexibility index (Phi) is 5.46. The highest BCUT2D eigenvalue weighted by Gasteiger charge is 2.18. The minimum absolute atomic E-state index is 0.582. The predicted molar refractivity (Wildman–Crippen MR) is 177 cm³/mol. The van der Waals surface area contributed by atoms with Crippen LogP contribution in [0.3, 0.4) is 0 Å². The van der Waals surface area contributed by atoms with Crippen molar-refractivity contribution in [2.45, 2.75) is 0 Å². The van der Waals surface area contributed by atoms with Gasteiger partial charge in [0.05, 0.1) is 22.7 Å². The predicted octanol–water partition coefficient (Wildman–Crippen LogP) is 9.94. The van der Waals surface area contributed by atoms with Gasteiger partial charge in [-0.15, -0.1) is 0 Å². The second kappa shape index (κ2) is 9.80. The van der Waals surface area contributed by atoms with E-state index >= 15 is 0 Å². The van der Waals surface area contributed by atoms with Gasteiger partial charge in [0, 0.05) is 27.6 Å². The smallest absolute Gasteiger partial charge is 0.227 e. The van der Waals surface area contributed by atoms with E-state index in [-0.39, 0.29) is 0 Å². The van der Waals surface area contributed by atoms with E-state index < -0.39 is 0 Å². The van der Waals surface area contributed by atoms with Crippen molar-refractivity contribution in [3.05, 3.63) is 139 Å². The number of benzene rings is 6. The maximum atomic E-state index is 9.36. The van der Waals surface area contributed by atoms with E-state index in [9.17, 15) is 5.26 Å². The van der Waals surface area contributed by atoms with E-state index in [2.05, 4.69) is 71.3 Å². The van der Waals surface area contributed by atoms with Crippen LogP contribution in [-0.4, -0.2) is 14.5 Å². The molecule has 3 aromatic heterocycles. The Labute approximate surface area is 257 Å². The van der Waals surface area contributed by atoms with Gasteiger partial charge in [-0.25, -0.2) is 9.97 Å². The molecule has 0 saturated carbocycles. The summed E-state index contributed by atoms with van der Waals surface area (Å²) in [6, 6.07) is 46.6. The van der Waals surface area contributed by atoms with E-state index in [1.165, 1.54) is 0 Å². The van der Waals surface area contributed by atoms with Gasteiger partial charge < -0.3 is 13.4 Å². The van der Waals surface area contributed by atoms with Crippen LogP contribution in [0.1, 0.15) is 5.56 Å². The molecule has 6 heteroatoms. The molecule has 45 heavy (non-hydrogen) atoms. The van der Waals surface area contributed by atoms with Gasteiger partial charge in [0.1, 0.15) is 11.0 Å². The van der Waals surface area contributed by atoms with E-state index in [0.717, 1.165) is 71.9 Å². The first-order valence-electron chi connectivity index (χ1n) is 14.6. The first kappa shape index (κ1) is 25.1. The summed E-state index contributed by atoms with van der Waals surface area (Å²) in [7, 11) is 0. The van der Waals surface area contributed by atoms with Gasteiger partial charge in [-0.2, -0.15) is 5.26 Å². The number of aromatic nitrogens is 3. The maximum absolute atomic E-state index is 9.36. The quantitative estimate of drug-likeness (QED) is 0.208.